The van der Waals surface area contributed by atoms with Gasteiger partial charge >= 0.3 is 0 Å². The molecule has 0 saturated carbocycles. The number of nitrogens with one attached hydrogen (secondary N) is 1. The first-order valence-corrected chi connectivity index (χ1v) is 5.99. The highest BCUT2D eigenvalue weighted by Crippen LogP contribution is 2.08. The van der Waals surface area contributed by atoms with Crippen molar-refractivity contribution >= 4 is 5.91 Å². The van der Waals surface area contributed by atoms with Crippen LogP contribution in [0.3, 0.4) is 0 Å². The normalized spacial score (nSPS) is 12.1. The molecule has 0 saturated heterocycles. The van der Waals surface area contributed by atoms with Crippen molar-refractivity contribution in [3.63, 3.8) is 0 Å². The van der Waals surface area contributed by atoms with E-state index in [1.807, 2.05) is 6.92 Å². The number of carbonyl (C=O) groups excluding carboxylic acids is 1. The molecule has 0 radical (unpaired) electrons. The third kappa shape index (κ3) is 3.14. The first-order valence-electron chi connectivity index (χ1n) is 5.99. The van der Waals surface area contributed by atoms with Gasteiger partial charge in [0.1, 0.15) is 6.33 Å². The van der Waals surface area contributed by atoms with Crippen molar-refractivity contribution in [1.82, 2.24) is 25.5 Å². The van der Waals surface area contributed by atoms with Crippen LogP contribution in [0.25, 0.3) is 5.69 Å². The van der Waals surface area contributed by atoms with Gasteiger partial charge in [0.15, 0.2) is 0 Å². The van der Waals surface area contributed by atoms with E-state index < -0.39 is 0 Å². The Bertz CT molecular complexity index is 520. The predicted molar refractivity (Wildman–Crippen MR) is 67.8 cm³/mol. The fourth-order valence-corrected chi connectivity index (χ4v) is 1.59. The highest BCUT2D eigenvalue weighted by atomic mass is 16.3. The number of rotatable bonds is 5. The number of amides is 1. The molecule has 1 heterocycles. The summed E-state index contributed by atoms with van der Waals surface area (Å²) in [4.78, 5) is 11.9. The van der Waals surface area contributed by atoms with E-state index in [4.69, 9.17) is 5.11 Å². The van der Waals surface area contributed by atoms with Crippen molar-refractivity contribution < 1.29 is 9.90 Å². The van der Waals surface area contributed by atoms with E-state index in [1.54, 1.807) is 24.3 Å². The number of hydrogen-bond acceptors (Lipinski definition) is 5. The van der Waals surface area contributed by atoms with Crippen LogP contribution < -0.4 is 5.32 Å². The average molecular weight is 261 g/mol. The van der Waals surface area contributed by atoms with Gasteiger partial charge in [0.2, 0.25) is 0 Å². The molecule has 7 nitrogen and oxygen atoms in total. The van der Waals surface area contributed by atoms with E-state index in [9.17, 15) is 4.79 Å². The van der Waals surface area contributed by atoms with E-state index in [0.717, 1.165) is 5.69 Å². The lowest BCUT2D eigenvalue weighted by atomic mass is 10.1. The van der Waals surface area contributed by atoms with Crippen molar-refractivity contribution in [3.8, 4) is 5.69 Å². The molecule has 0 spiro atoms. The summed E-state index contributed by atoms with van der Waals surface area (Å²) in [5.74, 6) is -0.204. The summed E-state index contributed by atoms with van der Waals surface area (Å²) in [6.07, 6.45) is 2.17. The number of tetrazole rings is 1. The quantitative estimate of drug-likeness (QED) is 0.800. The smallest absolute Gasteiger partial charge is 0.251 e. The molecule has 0 fully saturated rings. The van der Waals surface area contributed by atoms with Gasteiger partial charge < -0.3 is 10.4 Å². The molecule has 2 rings (SSSR count). The lowest BCUT2D eigenvalue weighted by Crippen LogP contribution is -2.36. The number of carbonyl (C=O) groups is 1. The molecule has 7 heteroatoms. The zero-order valence-corrected chi connectivity index (χ0v) is 10.5. The Morgan fingerprint density at radius 3 is 2.68 bits per heavy atom. The zero-order chi connectivity index (χ0) is 13.7. The van der Waals surface area contributed by atoms with E-state index in [2.05, 4.69) is 20.8 Å². The Morgan fingerprint density at radius 2 is 2.16 bits per heavy atom. The summed E-state index contributed by atoms with van der Waals surface area (Å²) >= 11 is 0. The van der Waals surface area contributed by atoms with Crippen LogP contribution in [-0.2, 0) is 0 Å². The second kappa shape index (κ2) is 6.05. The van der Waals surface area contributed by atoms with Crippen molar-refractivity contribution in [2.24, 2.45) is 0 Å². The molecule has 19 heavy (non-hydrogen) atoms. The van der Waals surface area contributed by atoms with Crippen LogP contribution >= 0.6 is 0 Å². The van der Waals surface area contributed by atoms with Crippen molar-refractivity contribution in [2.45, 2.75) is 19.4 Å². The third-order valence-corrected chi connectivity index (χ3v) is 2.79. The van der Waals surface area contributed by atoms with Crippen molar-refractivity contribution in [3.05, 3.63) is 36.2 Å². The summed E-state index contributed by atoms with van der Waals surface area (Å²) in [7, 11) is 0. The summed E-state index contributed by atoms with van der Waals surface area (Å²) in [5, 5.41) is 22.6. The fraction of sp³-hybridized carbons (Fsp3) is 0.333. The Kier molecular flexibility index (Phi) is 4.19. The summed E-state index contributed by atoms with van der Waals surface area (Å²) in [6.45, 7) is 1.84. The van der Waals surface area contributed by atoms with Crippen LogP contribution in [0, 0.1) is 0 Å². The van der Waals surface area contributed by atoms with E-state index in [1.165, 1.54) is 11.0 Å². The molecule has 0 aliphatic heterocycles. The van der Waals surface area contributed by atoms with Crippen LogP contribution in [0.15, 0.2) is 30.6 Å². The first-order chi connectivity index (χ1) is 9.24. The monoisotopic (exact) mass is 261 g/mol. The molecule has 1 amide bonds. The molecule has 0 aliphatic carbocycles. The zero-order valence-electron chi connectivity index (χ0n) is 10.5. The van der Waals surface area contributed by atoms with Gasteiger partial charge in [0.25, 0.3) is 5.91 Å². The topological polar surface area (TPSA) is 92.9 Å². The Labute approximate surface area is 110 Å². The molecule has 1 aromatic heterocycles. The molecule has 1 aromatic carbocycles. The third-order valence-electron chi connectivity index (χ3n) is 2.79. The van der Waals surface area contributed by atoms with Gasteiger partial charge in [-0.25, -0.2) is 4.68 Å². The lowest BCUT2D eigenvalue weighted by molar-refractivity contribution is 0.0915. The number of hydrogen-bond donors (Lipinski definition) is 2. The Morgan fingerprint density at radius 1 is 1.42 bits per heavy atom. The minimum atomic E-state index is -0.216. The number of aliphatic hydroxyl groups is 1. The van der Waals surface area contributed by atoms with Crippen LogP contribution in [-0.4, -0.2) is 43.9 Å². The average Bonchev–Trinajstić information content (AvgIpc) is 2.99. The minimum Gasteiger partial charge on any atom is -0.394 e. The van der Waals surface area contributed by atoms with Gasteiger partial charge in [0, 0.05) is 5.56 Å². The highest BCUT2D eigenvalue weighted by molar-refractivity contribution is 5.94. The number of benzene rings is 1. The maximum absolute atomic E-state index is 11.9. The van der Waals surface area contributed by atoms with Crippen LogP contribution in [0.1, 0.15) is 23.7 Å². The van der Waals surface area contributed by atoms with Gasteiger partial charge in [-0.05, 0) is 41.1 Å². The molecule has 2 N–H and O–H groups in total. The highest BCUT2D eigenvalue weighted by Gasteiger charge is 2.11. The first kappa shape index (κ1) is 13.2. The minimum absolute atomic E-state index is 0.0645. The van der Waals surface area contributed by atoms with E-state index >= 15 is 0 Å². The van der Waals surface area contributed by atoms with E-state index in [0.29, 0.717) is 12.0 Å². The number of aromatic nitrogens is 4. The maximum Gasteiger partial charge on any atom is 0.251 e. The SMILES string of the molecule is CC[C@@H](CO)NC(=O)c1ccc(-n2cnnn2)cc1. The summed E-state index contributed by atoms with van der Waals surface area (Å²) < 4.78 is 1.50. The van der Waals surface area contributed by atoms with Gasteiger partial charge in [-0.15, -0.1) is 5.10 Å². The second-order valence-electron chi connectivity index (χ2n) is 4.06. The Hall–Kier alpha value is -2.28. The molecule has 2 aromatic rings. The molecule has 1 atom stereocenters. The maximum atomic E-state index is 11.9. The molecule has 0 aliphatic rings. The predicted octanol–water partition coefficient (Wildman–Crippen LogP) is 0.163. The number of nitrogens with zero attached hydrogens (tertiary/aromatic N) is 4. The largest absolute Gasteiger partial charge is 0.394 e. The van der Waals surface area contributed by atoms with Crippen molar-refractivity contribution in [1.29, 1.82) is 0 Å². The number of aliphatic hydroxyl groups excluding tert-OH is 1. The summed E-state index contributed by atoms with van der Waals surface area (Å²) in [6, 6.07) is 6.68. The van der Waals surface area contributed by atoms with E-state index in [-0.39, 0.29) is 18.6 Å². The van der Waals surface area contributed by atoms with Crippen molar-refractivity contribution in [2.75, 3.05) is 6.61 Å². The fourth-order valence-electron chi connectivity index (χ4n) is 1.59. The molecule has 0 unspecified atom stereocenters. The molecular formula is C12H15N5O2. The van der Waals surface area contributed by atoms with Crippen LogP contribution in [0.5, 0.6) is 0 Å². The molecule has 100 valence electrons. The summed E-state index contributed by atoms with van der Waals surface area (Å²) in [5.41, 5.74) is 1.31. The van der Waals surface area contributed by atoms with Crippen LogP contribution in [0.2, 0.25) is 0 Å². The van der Waals surface area contributed by atoms with Gasteiger partial charge in [-0.3, -0.25) is 4.79 Å². The second-order valence-corrected chi connectivity index (χ2v) is 4.06. The Balaban J connectivity index is 2.08. The van der Waals surface area contributed by atoms with Gasteiger partial charge in [-0.2, -0.15) is 0 Å². The van der Waals surface area contributed by atoms with Crippen LogP contribution in [0.4, 0.5) is 0 Å². The molecule has 0 bridgehead atoms. The van der Waals surface area contributed by atoms with Gasteiger partial charge in [-0.1, -0.05) is 6.92 Å². The standard InChI is InChI=1S/C12H15N5O2/c1-2-10(7-18)14-12(19)9-3-5-11(6-4-9)17-8-13-15-16-17/h3-6,8,10,18H,2,7H2,1H3,(H,14,19)/t10-/m0/s1. The lowest BCUT2D eigenvalue weighted by Gasteiger charge is -2.14. The molecular weight excluding hydrogens is 246 g/mol. The van der Waals surface area contributed by atoms with Gasteiger partial charge in [0.05, 0.1) is 18.3 Å².